The highest BCUT2D eigenvalue weighted by Crippen LogP contribution is 2.23. The lowest BCUT2D eigenvalue weighted by Gasteiger charge is -2.20. The second kappa shape index (κ2) is 5.88. The zero-order valence-electron chi connectivity index (χ0n) is 12.2. The maximum Gasteiger partial charge on any atom is -0.00156 e. The molecule has 100 valence electrons. The third kappa shape index (κ3) is 3.84. The summed E-state index contributed by atoms with van der Waals surface area (Å²) in [7, 11) is 0. The summed E-state index contributed by atoms with van der Waals surface area (Å²) in [6.45, 7) is 10.8. The Kier molecular flexibility index (Phi) is 4.45. The number of aryl methyl sites for hydroxylation is 1. The second-order valence-corrected chi connectivity index (χ2v) is 6.60. The van der Waals surface area contributed by atoms with Crippen molar-refractivity contribution in [3.8, 4) is 0 Å². The third-order valence-corrected chi connectivity index (χ3v) is 3.93. The van der Waals surface area contributed by atoms with Crippen molar-refractivity contribution in [1.29, 1.82) is 0 Å². The molecule has 1 nitrogen and oxygen atoms in total. The van der Waals surface area contributed by atoms with Gasteiger partial charge in [0.05, 0.1) is 0 Å². The zero-order chi connectivity index (χ0) is 13.0. The van der Waals surface area contributed by atoms with Gasteiger partial charge >= 0.3 is 0 Å². The van der Waals surface area contributed by atoms with Gasteiger partial charge in [-0.25, -0.2) is 0 Å². The smallest absolute Gasteiger partial charge is 0.00156 e. The Hall–Kier alpha value is -0.820. The summed E-state index contributed by atoms with van der Waals surface area (Å²) in [6.07, 6.45) is 5.33. The van der Waals surface area contributed by atoms with Gasteiger partial charge in [-0.3, -0.25) is 0 Å². The molecule has 1 heteroatoms. The summed E-state index contributed by atoms with van der Waals surface area (Å²) in [5, 5.41) is 0. The van der Waals surface area contributed by atoms with Crippen LogP contribution >= 0.6 is 0 Å². The van der Waals surface area contributed by atoms with Gasteiger partial charge in [0.15, 0.2) is 0 Å². The molecule has 1 fully saturated rings. The van der Waals surface area contributed by atoms with Crippen molar-refractivity contribution in [1.82, 2.24) is 4.90 Å². The van der Waals surface area contributed by atoms with Crippen LogP contribution in [-0.2, 0) is 11.8 Å². The van der Waals surface area contributed by atoms with Gasteiger partial charge < -0.3 is 4.90 Å². The second-order valence-electron chi connectivity index (χ2n) is 6.60. The number of hydrogen-bond donors (Lipinski definition) is 0. The summed E-state index contributed by atoms with van der Waals surface area (Å²) in [5.74, 6) is 0. The van der Waals surface area contributed by atoms with E-state index in [4.69, 9.17) is 0 Å². The van der Waals surface area contributed by atoms with Crippen LogP contribution in [0.1, 0.15) is 51.2 Å². The van der Waals surface area contributed by atoms with E-state index in [9.17, 15) is 0 Å². The number of benzene rings is 1. The molecule has 1 aromatic carbocycles. The van der Waals surface area contributed by atoms with Gasteiger partial charge in [-0.2, -0.15) is 0 Å². The molecule has 1 aliphatic heterocycles. The number of nitrogens with zero attached hydrogens (tertiary/aromatic N) is 1. The van der Waals surface area contributed by atoms with E-state index >= 15 is 0 Å². The normalized spacial score (nSPS) is 17.3. The van der Waals surface area contributed by atoms with E-state index in [-0.39, 0.29) is 5.41 Å². The molecule has 1 heterocycles. The molecule has 0 aromatic heterocycles. The predicted octanol–water partition coefficient (Wildman–Crippen LogP) is 4.01. The van der Waals surface area contributed by atoms with Crippen molar-refractivity contribution >= 4 is 0 Å². The van der Waals surface area contributed by atoms with E-state index in [2.05, 4.69) is 49.9 Å². The summed E-state index contributed by atoms with van der Waals surface area (Å²) in [5.41, 5.74) is 3.23. The van der Waals surface area contributed by atoms with Crippen LogP contribution in [0, 0.1) is 0 Å². The van der Waals surface area contributed by atoms with Crippen LogP contribution < -0.4 is 0 Å². The van der Waals surface area contributed by atoms with Crippen LogP contribution in [0.5, 0.6) is 0 Å². The minimum absolute atomic E-state index is 0.269. The Labute approximate surface area is 112 Å². The van der Waals surface area contributed by atoms with Crippen molar-refractivity contribution in [2.24, 2.45) is 0 Å². The molecule has 0 spiro atoms. The standard InChI is InChI=1S/C17H27N/c1-17(2,3)16-10-6-8-15(14-16)9-7-13-18-11-4-5-12-18/h6,8,10,14H,4-5,7,9,11-13H2,1-3H3. The SMILES string of the molecule is CC(C)(C)c1cccc(CCCN2CCCC2)c1. The molecule has 0 bridgehead atoms. The maximum atomic E-state index is 2.60. The molecule has 0 radical (unpaired) electrons. The molecule has 1 saturated heterocycles. The number of hydrogen-bond acceptors (Lipinski definition) is 1. The molecular formula is C17H27N. The first kappa shape index (κ1) is 13.6. The minimum atomic E-state index is 0.269. The average molecular weight is 245 g/mol. The van der Waals surface area contributed by atoms with Gasteiger partial charge in [-0.05, 0) is 61.9 Å². The van der Waals surface area contributed by atoms with Crippen molar-refractivity contribution in [3.05, 3.63) is 35.4 Å². The Balaban J connectivity index is 1.85. The Morgan fingerprint density at radius 2 is 1.83 bits per heavy atom. The lowest BCUT2D eigenvalue weighted by atomic mass is 9.86. The quantitative estimate of drug-likeness (QED) is 0.774. The van der Waals surface area contributed by atoms with Crippen LogP contribution in [0.15, 0.2) is 24.3 Å². The van der Waals surface area contributed by atoms with E-state index in [1.165, 1.54) is 56.4 Å². The molecule has 0 unspecified atom stereocenters. The van der Waals surface area contributed by atoms with Crippen molar-refractivity contribution < 1.29 is 0 Å². The van der Waals surface area contributed by atoms with E-state index in [1.807, 2.05) is 0 Å². The summed E-state index contributed by atoms with van der Waals surface area (Å²) in [4.78, 5) is 2.60. The number of rotatable bonds is 4. The largest absolute Gasteiger partial charge is 0.303 e. The molecule has 0 N–H and O–H groups in total. The monoisotopic (exact) mass is 245 g/mol. The fraction of sp³-hybridized carbons (Fsp3) is 0.647. The Morgan fingerprint density at radius 3 is 2.50 bits per heavy atom. The first-order valence-electron chi connectivity index (χ1n) is 7.37. The Morgan fingerprint density at radius 1 is 1.11 bits per heavy atom. The van der Waals surface area contributed by atoms with Crippen LogP contribution in [0.4, 0.5) is 0 Å². The van der Waals surface area contributed by atoms with Gasteiger partial charge in [-0.1, -0.05) is 45.0 Å². The van der Waals surface area contributed by atoms with Crippen LogP contribution in [0.25, 0.3) is 0 Å². The maximum absolute atomic E-state index is 2.60. The zero-order valence-corrected chi connectivity index (χ0v) is 12.2. The van der Waals surface area contributed by atoms with Crippen molar-refractivity contribution in [2.75, 3.05) is 19.6 Å². The summed E-state index contributed by atoms with van der Waals surface area (Å²) < 4.78 is 0. The molecule has 0 aliphatic carbocycles. The molecule has 1 aliphatic rings. The van der Waals surface area contributed by atoms with Gasteiger partial charge in [0.2, 0.25) is 0 Å². The molecule has 2 rings (SSSR count). The summed E-state index contributed by atoms with van der Waals surface area (Å²) in [6, 6.07) is 9.14. The molecule has 0 atom stereocenters. The van der Waals surface area contributed by atoms with Crippen LogP contribution in [0.3, 0.4) is 0 Å². The minimum Gasteiger partial charge on any atom is -0.303 e. The van der Waals surface area contributed by atoms with Gasteiger partial charge in [0, 0.05) is 0 Å². The van der Waals surface area contributed by atoms with Gasteiger partial charge in [0.25, 0.3) is 0 Å². The molecule has 1 aromatic rings. The first-order chi connectivity index (χ1) is 8.55. The van der Waals surface area contributed by atoms with E-state index in [1.54, 1.807) is 0 Å². The molecule has 0 saturated carbocycles. The van der Waals surface area contributed by atoms with E-state index in [0.29, 0.717) is 0 Å². The molecule has 0 amide bonds. The van der Waals surface area contributed by atoms with E-state index in [0.717, 1.165) is 0 Å². The van der Waals surface area contributed by atoms with Crippen LogP contribution in [0.2, 0.25) is 0 Å². The fourth-order valence-electron chi connectivity index (χ4n) is 2.71. The lowest BCUT2D eigenvalue weighted by Crippen LogP contribution is -2.20. The van der Waals surface area contributed by atoms with Gasteiger partial charge in [-0.15, -0.1) is 0 Å². The highest BCUT2D eigenvalue weighted by molar-refractivity contribution is 5.28. The summed E-state index contributed by atoms with van der Waals surface area (Å²) >= 11 is 0. The predicted molar refractivity (Wildman–Crippen MR) is 79.1 cm³/mol. The molecular weight excluding hydrogens is 218 g/mol. The molecule has 18 heavy (non-hydrogen) atoms. The van der Waals surface area contributed by atoms with Crippen molar-refractivity contribution in [2.45, 2.75) is 51.9 Å². The van der Waals surface area contributed by atoms with Crippen LogP contribution in [-0.4, -0.2) is 24.5 Å². The number of likely N-dealkylation sites (tertiary alicyclic amines) is 1. The highest BCUT2D eigenvalue weighted by atomic mass is 15.1. The fourth-order valence-corrected chi connectivity index (χ4v) is 2.71. The average Bonchev–Trinajstić information content (AvgIpc) is 2.81. The first-order valence-corrected chi connectivity index (χ1v) is 7.37. The van der Waals surface area contributed by atoms with E-state index < -0.39 is 0 Å². The third-order valence-electron chi connectivity index (χ3n) is 3.93. The topological polar surface area (TPSA) is 3.24 Å². The lowest BCUT2D eigenvalue weighted by molar-refractivity contribution is 0.334. The Bertz CT molecular complexity index is 369. The van der Waals surface area contributed by atoms with Crippen molar-refractivity contribution in [3.63, 3.8) is 0 Å². The highest BCUT2D eigenvalue weighted by Gasteiger charge is 2.14. The van der Waals surface area contributed by atoms with Gasteiger partial charge in [0.1, 0.15) is 0 Å².